The number of amides is 2. The maximum Gasteiger partial charge on any atom is 0.317 e. The Hall–Kier alpha value is -1.45. The van der Waals surface area contributed by atoms with Gasteiger partial charge in [0.25, 0.3) is 0 Å². The van der Waals surface area contributed by atoms with Gasteiger partial charge in [0.15, 0.2) is 0 Å². The molecule has 1 aromatic heterocycles. The van der Waals surface area contributed by atoms with Crippen LogP contribution in [0, 0.1) is 0 Å². The molecule has 0 aromatic carbocycles. The lowest BCUT2D eigenvalue weighted by atomic mass is 10.2. The molecule has 12 heavy (non-hydrogen) atoms. The quantitative estimate of drug-likeness (QED) is 0.632. The van der Waals surface area contributed by atoms with Gasteiger partial charge in [0.1, 0.15) is 0 Å². The first-order chi connectivity index (χ1) is 5.77. The molecule has 2 amide bonds. The van der Waals surface area contributed by atoms with Crippen molar-refractivity contribution in [1.29, 1.82) is 0 Å². The second kappa shape index (κ2) is 2.55. The number of carbonyl (C=O) groups excluding carboxylic acids is 1. The highest BCUT2D eigenvalue weighted by Crippen LogP contribution is 2.17. The molecule has 0 aliphatic carbocycles. The van der Waals surface area contributed by atoms with Gasteiger partial charge < -0.3 is 15.2 Å². The Labute approximate surface area is 70.6 Å². The van der Waals surface area contributed by atoms with Gasteiger partial charge in [-0.15, -0.1) is 0 Å². The summed E-state index contributed by atoms with van der Waals surface area (Å²) in [4.78, 5) is 15.7. The van der Waals surface area contributed by atoms with Crippen LogP contribution in [-0.4, -0.2) is 29.5 Å². The number of hydrogen-bond acceptors (Lipinski definition) is 1. The van der Waals surface area contributed by atoms with Crippen LogP contribution in [0.2, 0.25) is 0 Å². The molecule has 1 aromatic rings. The van der Waals surface area contributed by atoms with Gasteiger partial charge in [-0.25, -0.2) is 4.79 Å². The van der Waals surface area contributed by atoms with Crippen LogP contribution in [0.3, 0.4) is 0 Å². The molecule has 0 saturated carbocycles. The highest BCUT2D eigenvalue weighted by atomic mass is 16.2. The average Bonchev–Trinajstić information content (AvgIpc) is 2.61. The summed E-state index contributed by atoms with van der Waals surface area (Å²) in [6.45, 7) is 0.747. The van der Waals surface area contributed by atoms with Crippen LogP contribution >= 0.6 is 0 Å². The molecule has 1 atom stereocenters. The van der Waals surface area contributed by atoms with E-state index in [4.69, 9.17) is 0 Å². The molecule has 1 unspecified atom stereocenters. The van der Waals surface area contributed by atoms with Gasteiger partial charge in [0, 0.05) is 26.0 Å². The summed E-state index contributed by atoms with van der Waals surface area (Å²) in [6, 6.07) is 2.12. The van der Waals surface area contributed by atoms with E-state index in [9.17, 15) is 4.79 Å². The van der Waals surface area contributed by atoms with Gasteiger partial charge in [-0.3, -0.25) is 0 Å². The maximum absolute atomic E-state index is 11.1. The van der Waals surface area contributed by atoms with E-state index in [1.807, 2.05) is 18.5 Å². The first-order valence-corrected chi connectivity index (χ1v) is 3.91. The van der Waals surface area contributed by atoms with Crippen molar-refractivity contribution in [3.8, 4) is 0 Å². The zero-order chi connectivity index (χ0) is 8.55. The number of nitrogens with one attached hydrogen (secondary N) is 2. The normalized spacial score (nSPS) is 22.9. The Morgan fingerprint density at radius 1 is 1.67 bits per heavy atom. The number of nitrogens with zero attached hydrogens (tertiary/aromatic N) is 1. The minimum absolute atomic E-state index is 0.00111. The number of hydrogen-bond donors (Lipinski definition) is 2. The predicted molar refractivity (Wildman–Crippen MR) is 44.7 cm³/mol. The van der Waals surface area contributed by atoms with E-state index in [2.05, 4.69) is 10.3 Å². The molecule has 1 saturated heterocycles. The molecule has 64 valence electrons. The molecule has 4 heteroatoms. The van der Waals surface area contributed by atoms with E-state index < -0.39 is 0 Å². The van der Waals surface area contributed by atoms with Crippen molar-refractivity contribution in [2.24, 2.45) is 0 Å². The van der Waals surface area contributed by atoms with E-state index in [1.54, 1.807) is 11.9 Å². The Morgan fingerprint density at radius 3 is 3.00 bits per heavy atom. The summed E-state index contributed by atoms with van der Waals surface area (Å²) in [5, 5.41) is 2.87. The van der Waals surface area contributed by atoms with E-state index in [0.717, 1.165) is 12.1 Å². The lowest BCUT2D eigenvalue weighted by Gasteiger charge is -2.05. The van der Waals surface area contributed by atoms with Crippen molar-refractivity contribution in [2.45, 2.75) is 6.04 Å². The number of aromatic nitrogens is 1. The topological polar surface area (TPSA) is 48.1 Å². The molecule has 0 radical (unpaired) electrons. The molecule has 0 spiro atoms. The van der Waals surface area contributed by atoms with Crippen molar-refractivity contribution < 1.29 is 4.79 Å². The first kappa shape index (κ1) is 7.21. The number of H-pyrrole nitrogens is 1. The maximum atomic E-state index is 11.1. The number of aromatic amines is 1. The summed E-state index contributed by atoms with van der Waals surface area (Å²) < 4.78 is 0. The molecule has 0 bridgehead atoms. The smallest absolute Gasteiger partial charge is 0.317 e. The fraction of sp³-hybridized carbons (Fsp3) is 0.375. The van der Waals surface area contributed by atoms with Crippen LogP contribution < -0.4 is 5.32 Å². The summed E-state index contributed by atoms with van der Waals surface area (Å²) in [5.41, 5.74) is 1.13. The molecule has 2 N–H and O–H groups in total. The van der Waals surface area contributed by atoms with E-state index in [0.29, 0.717) is 0 Å². The van der Waals surface area contributed by atoms with E-state index >= 15 is 0 Å². The van der Waals surface area contributed by atoms with Crippen LogP contribution in [0.1, 0.15) is 11.6 Å². The van der Waals surface area contributed by atoms with Gasteiger partial charge in [-0.05, 0) is 11.6 Å². The second-order valence-electron chi connectivity index (χ2n) is 3.03. The van der Waals surface area contributed by atoms with E-state index in [-0.39, 0.29) is 12.1 Å². The summed E-state index contributed by atoms with van der Waals surface area (Å²) in [5.74, 6) is 0. The Balaban J connectivity index is 2.14. The van der Waals surface area contributed by atoms with Gasteiger partial charge in [-0.2, -0.15) is 0 Å². The molecular weight excluding hydrogens is 154 g/mol. The largest absolute Gasteiger partial charge is 0.367 e. The van der Waals surface area contributed by atoms with Crippen molar-refractivity contribution >= 4 is 6.03 Å². The third-order valence-corrected chi connectivity index (χ3v) is 2.13. The third kappa shape index (κ3) is 1.05. The van der Waals surface area contributed by atoms with Crippen LogP contribution in [-0.2, 0) is 0 Å². The fourth-order valence-electron chi connectivity index (χ4n) is 1.40. The van der Waals surface area contributed by atoms with Gasteiger partial charge in [0.2, 0.25) is 0 Å². The predicted octanol–water partition coefficient (Wildman–Crippen LogP) is 0.711. The van der Waals surface area contributed by atoms with Gasteiger partial charge in [-0.1, -0.05) is 0 Å². The van der Waals surface area contributed by atoms with Crippen LogP contribution in [0.25, 0.3) is 0 Å². The molecule has 2 heterocycles. The van der Waals surface area contributed by atoms with E-state index in [1.165, 1.54) is 0 Å². The highest BCUT2D eigenvalue weighted by Gasteiger charge is 2.26. The molecule has 4 nitrogen and oxygen atoms in total. The lowest BCUT2D eigenvalue weighted by molar-refractivity contribution is 0.226. The number of carbonyl (C=O) groups is 1. The third-order valence-electron chi connectivity index (χ3n) is 2.13. The Bertz CT molecular complexity index is 281. The average molecular weight is 165 g/mol. The Morgan fingerprint density at radius 2 is 2.50 bits per heavy atom. The van der Waals surface area contributed by atoms with Gasteiger partial charge in [0.05, 0.1) is 6.04 Å². The van der Waals surface area contributed by atoms with Crippen LogP contribution in [0.15, 0.2) is 18.5 Å². The minimum Gasteiger partial charge on any atom is -0.367 e. The summed E-state index contributed by atoms with van der Waals surface area (Å²) in [6.07, 6.45) is 3.77. The SMILES string of the molecule is CN1CC(c2cc[nH]c2)NC1=O. The van der Waals surface area contributed by atoms with Gasteiger partial charge >= 0.3 is 6.03 Å². The zero-order valence-corrected chi connectivity index (χ0v) is 6.87. The molecule has 1 aliphatic rings. The van der Waals surface area contributed by atoms with Crippen LogP contribution in [0.4, 0.5) is 4.79 Å². The number of rotatable bonds is 1. The highest BCUT2D eigenvalue weighted by molar-refractivity contribution is 5.76. The minimum atomic E-state index is 0.00111. The second-order valence-corrected chi connectivity index (χ2v) is 3.03. The van der Waals surface area contributed by atoms with Crippen molar-refractivity contribution in [3.63, 3.8) is 0 Å². The summed E-state index contributed by atoms with van der Waals surface area (Å²) in [7, 11) is 1.79. The lowest BCUT2D eigenvalue weighted by Crippen LogP contribution is -2.23. The fourth-order valence-corrected chi connectivity index (χ4v) is 1.40. The summed E-state index contributed by atoms with van der Waals surface area (Å²) >= 11 is 0. The number of urea groups is 1. The molecule has 1 aliphatic heterocycles. The first-order valence-electron chi connectivity index (χ1n) is 3.91. The zero-order valence-electron chi connectivity index (χ0n) is 6.87. The van der Waals surface area contributed by atoms with Crippen molar-refractivity contribution in [2.75, 3.05) is 13.6 Å². The molecule has 2 rings (SSSR count). The van der Waals surface area contributed by atoms with Crippen molar-refractivity contribution in [1.82, 2.24) is 15.2 Å². The Kier molecular flexibility index (Phi) is 1.53. The van der Waals surface area contributed by atoms with Crippen LogP contribution in [0.5, 0.6) is 0 Å². The van der Waals surface area contributed by atoms with Crippen molar-refractivity contribution in [3.05, 3.63) is 24.0 Å². The number of likely N-dealkylation sites (N-methyl/N-ethyl adjacent to an activating group) is 1. The molecule has 1 fully saturated rings. The standard InChI is InChI=1S/C8H11N3O/c1-11-5-7(10-8(11)12)6-2-3-9-4-6/h2-4,7,9H,5H2,1H3,(H,10,12). The molecular formula is C8H11N3O. The monoisotopic (exact) mass is 165 g/mol.